The zero-order valence-electron chi connectivity index (χ0n) is 16.1. The smallest absolute Gasteiger partial charge is 0.341 e. The monoisotopic (exact) mass is 396 g/mol. The second-order valence-corrected chi connectivity index (χ2v) is 7.47. The Morgan fingerprint density at radius 2 is 2.07 bits per heavy atom. The molecule has 0 radical (unpaired) electrons. The van der Waals surface area contributed by atoms with Gasteiger partial charge in [0.1, 0.15) is 5.00 Å². The fraction of sp³-hybridized carbons (Fsp3) is 0.611. The first-order valence-electron chi connectivity index (χ1n) is 9.23. The van der Waals surface area contributed by atoms with E-state index in [2.05, 4.69) is 22.5 Å². The van der Waals surface area contributed by atoms with E-state index in [9.17, 15) is 14.4 Å². The van der Waals surface area contributed by atoms with Crippen molar-refractivity contribution in [2.45, 2.75) is 39.7 Å². The van der Waals surface area contributed by atoms with Crippen LogP contribution in [0.5, 0.6) is 0 Å². The molecule has 0 saturated carbocycles. The number of carbonyl (C=O) groups is 3. The Bertz CT molecular complexity index is 704. The highest BCUT2D eigenvalue weighted by Crippen LogP contribution is 2.33. The molecular weight excluding hydrogens is 368 g/mol. The number of hydrogen-bond acceptors (Lipinski definition) is 7. The molecule has 4 N–H and O–H groups in total. The van der Waals surface area contributed by atoms with Gasteiger partial charge in [-0.2, -0.15) is 0 Å². The molecule has 1 aliphatic rings. The van der Waals surface area contributed by atoms with Crippen molar-refractivity contribution in [2.75, 3.05) is 38.1 Å². The van der Waals surface area contributed by atoms with Gasteiger partial charge < -0.3 is 21.1 Å². The second kappa shape index (κ2) is 9.82. The molecule has 2 amide bonds. The molecular formula is C18H28N4O4S. The van der Waals surface area contributed by atoms with Crippen LogP contribution >= 0.6 is 11.3 Å². The lowest BCUT2D eigenvalue weighted by molar-refractivity contribution is -0.115. The van der Waals surface area contributed by atoms with Crippen molar-refractivity contribution in [3.8, 4) is 0 Å². The first-order valence-corrected chi connectivity index (χ1v) is 10.1. The summed E-state index contributed by atoms with van der Waals surface area (Å²) >= 11 is 0.996. The molecule has 150 valence electrons. The number of esters is 1. The summed E-state index contributed by atoms with van der Waals surface area (Å²) in [5.41, 5.74) is 5.99. The molecule has 1 saturated heterocycles. The second-order valence-electron chi connectivity index (χ2n) is 6.45. The number of nitrogens with two attached hydrogens (primary N) is 1. The Labute approximate surface area is 163 Å². The van der Waals surface area contributed by atoms with Crippen LogP contribution in [0, 0.1) is 6.92 Å². The lowest BCUT2D eigenvalue weighted by Crippen LogP contribution is -2.40. The zero-order valence-corrected chi connectivity index (χ0v) is 16.9. The average Bonchev–Trinajstić information content (AvgIpc) is 3.19. The van der Waals surface area contributed by atoms with E-state index in [4.69, 9.17) is 10.5 Å². The molecule has 1 atom stereocenters. The summed E-state index contributed by atoms with van der Waals surface area (Å²) in [4.78, 5) is 38.8. The quantitative estimate of drug-likeness (QED) is 0.543. The molecule has 1 fully saturated rings. The zero-order chi connectivity index (χ0) is 20.0. The number of nitrogens with zero attached hydrogens (tertiary/aromatic N) is 1. The molecule has 0 aliphatic carbocycles. The number of nitrogens with one attached hydrogen (secondary N) is 2. The number of likely N-dealkylation sites (N-methyl/N-ethyl adjacent to an activating group) is 1. The first-order chi connectivity index (χ1) is 12.9. The van der Waals surface area contributed by atoms with Gasteiger partial charge in [-0.25, -0.2) is 4.79 Å². The molecule has 1 aromatic rings. The maximum atomic E-state index is 12.3. The molecule has 8 nitrogen and oxygen atoms in total. The summed E-state index contributed by atoms with van der Waals surface area (Å²) in [6.07, 6.45) is 2.31. The van der Waals surface area contributed by atoms with Crippen molar-refractivity contribution >= 4 is 34.1 Å². The highest BCUT2D eigenvalue weighted by molar-refractivity contribution is 7.18. The van der Waals surface area contributed by atoms with Crippen molar-refractivity contribution < 1.29 is 19.1 Å². The van der Waals surface area contributed by atoms with Gasteiger partial charge in [0.15, 0.2) is 0 Å². The summed E-state index contributed by atoms with van der Waals surface area (Å²) < 4.78 is 5.04. The largest absolute Gasteiger partial charge is 0.462 e. The van der Waals surface area contributed by atoms with Crippen molar-refractivity contribution in [1.29, 1.82) is 0 Å². The third-order valence-electron chi connectivity index (χ3n) is 4.67. The molecule has 1 aliphatic heterocycles. The van der Waals surface area contributed by atoms with Crippen LogP contribution in [0.2, 0.25) is 0 Å². The summed E-state index contributed by atoms with van der Waals surface area (Å²) in [7, 11) is 0. The number of carbonyl (C=O) groups excluding carboxylic acids is 3. The van der Waals surface area contributed by atoms with Gasteiger partial charge in [-0.3, -0.25) is 14.5 Å². The van der Waals surface area contributed by atoms with E-state index in [0.717, 1.165) is 37.4 Å². The minimum Gasteiger partial charge on any atom is -0.462 e. The van der Waals surface area contributed by atoms with Crippen molar-refractivity contribution in [3.05, 3.63) is 16.0 Å². The number of rotatable bonds is 9. The summed E-state index contributed by atoms with van der Waals surface area (Å²) in [5, 5.41) is 6.18. The summed E-state index contributed by atoms with van der Waals surface area (Å²) in [6, 6.07) is 0.448. The van der Waals surface area contributed by atoms with E-state index in [1.807, 2.05) is 0 Å². The van der Waals surface area contributed by atoms with Crippen LogP contribution in [-0.2, 0) is 9.53 Å². The minimum atomic E-state index is -0.637. The molecule has 1 unspecified atom stereocenters. The molecule has 9 heteroatoms. The van der Waals surface area contributed by atoms with E-state index in [0.29, 0.717) is 16.6 Å². The van der Waals surface area contributed by atoms with Gasteiger partial charge in [-0.15, -0.1) is 11.3 Å². The molecule has 0 bridgehead atoms. The van der Waals surface area contributed by atoms with Gasteiger partial charge in [0.25, 0.3) is 5.91 Å². The van der Waals surface area contributed by atoms with E-state index >= 15 is 0 Å². The number of primary amides is 1. The van der Waals surface area contributed by atoms with Crippen LogP contribution in [0.4, 0.5) is 5.00 Å². The predicted molar refractivity (Wildman–Crippen MR) is 105 cm³/mol. The molecule has 0 spiro atoms. The Balaban J connectivity index is 2.00. The number of ether oxygens (including phenoxy) is 1. The summed E-state index contributed by atoms with van der Waals surface area (Å²) in [5.74, 6) is -1.49. The Morgan fingerprint density at radius 1 is 1.33 bits per heavy atom. The molecule has 27 heavy (non-hydrogen) atoms. The molecule has 2 rings (SSSR count). The predicted octanol–water partition coefficient (Wildman–Crippen LogP) is 1.34. The lowest BCUT2D eigenvalue weighted by Gasteiger charge is -2.22. The lowest BCUT2D eigenvalue weighted by atomic mass is 10.1. The Hall–Kier alpha value is -1.97. The van der Waals surface area contributed by atoms with E-state index in [1.54, 1.807) is 13.8 Å². The van der Waals surface area contributed by atoms with Crippen molar-refractivity contribution in [3.63, 3.8) is 0 Å². The third kappa shape index (κ3) is 5.27. The Kier molecular flexibility index (Phi) is 7.76. The van der Waals surface area contributed by atoms with Gasteiger partial charge in [0.2, 0.25) is 5.91 Å². The van der Waals surface area contributed by atoms with Gasteiger partial charge in [0, 0.05) is 12.6 Å². The third-order valence-corrected chi connectivity index (χ3v) is 5.90. The fourth-order valence-corrected chi connectivity index (χ4v) is 4.41. The SMILES string of the molecule is CCOC(=O)c1c(NC(=O)CNCC2CCCN2CC)sc(C(N)=O)c1C. The van der Waals surface area contributed by atoms with Crippen LogP contribution in [-0.4, -0.2) is 61.5 Å². The van der Waals surface area contributed by atoms with E-state index in [1.165, 1.54) is 6.42 Å². The molecule has 2 heterocycles. The number of likely N-dealkylation sites (tertiary alicyclic amines) is 1. The van der Waals surface area contributed by atoms with E-state index < -0.39 is 11.9 Å². The van der Waals surface area contributed by atoms with Crippen LogP contribution in [0.3, 0.4) is 0 Å². The number of anilines is 1. The van der Waals surface area contributed by atoms with Gasteiger partial charge in [0.05, 0.1) is 23.6 Å². The minimum absolute atomic E-state index is 0.124. The van der Waals surface area contributed by atoms with Crippen LogP contribution in [0.15, 0.2) is 0 Å². The average molecular weight is 397 g/mol. The maximum absolute atomic E-state index is 12.3. The van der Waals surface area contributed by atoms with Gasteiger partial charge >= 0.3 is 5.97 Å². The molecule has 1 aromatic heterocycles. The highest BCUT2D eigenvalue weighted by Gasteiger charge is 2.26. The number of amides is 2. The van der Waals surface area contributed by atoms with Crippen LogP contribution in [0.1, 0.15) is 52.3 Å². The number of thiophene rings is 1. The Morgan fingerprint density at radius 3 is 2.70 bits per heavy atom. The summed E-state index contributed by atoms with van der Waals surface area (Å²) in [6.45, 7) is 8.62. The first kappa shape index (κ1) is 21.3. The maximum Gasteiger partial charge on any atom is 0.341 e. The fourth-order valence-electron chi connectivity index (χ4n) is 3.35. The standard InChI is InChI=1S/C18H28N4O4S/c1-4-22-8-6-7-12(22)9-20-10-13(23)21-17-14(18(25)26-5-2)11(3)15(27-17)16(19)24/h12,20H,4-10H2,1-3H3,(H2,19,24)(H,21,23). The normalized spacial score (nSPS) is 17.1. The van der Waals surface area contributed by atoms with Crippen molar-refractivity contribution in [1.82, 2.24) is 10.2 Å². The number of hydrogen-bond donors (Lipinski definition) is 3. The van der Waals surface area contributed by atoms with E-state index in [-0.39, 0.29) is 29.5 Å². The van der Waals surface area contributed by atoms with Gasteiger partial charge in [-0.1, -0.05) is 6.92 Å². The topological polar surface area (TPSA) is 114 Å². The van der Waals surface area contributed by atoms with Gasteiger partial charge in [-0.05, 0) is 45.3 Å². The highest BCUT2D eigenvalue weighted by atomic mass is 32.1. The molecule has 0 aromatic carbocycles. The van der Waals surface area contributed by atoms with Crippen molar-refractivity contribution in [2.24, 2.45) is 5.73 Å². The van der Waals surface area contributed by atoms with Crippen LogP contribution < -0.4 is 16.4 Å². The van der Waals surface area contributed by atoms with Crippen LogP contribution in [0.25, 0.3) is 0 Å².